The second-order valence-corrected chi connectivity index (χ2v) is 5.57. The highest BCUT2D eigenvalue weighted by Gasteiger charge is 2.11. The molecule has 0 bridgehead atoms. The average molecular weight is 307 g/mol. The highest BCUT2D eigenvalue weighted by atomic mass is 16.5. The van der Waals surface area contributed by atoms with Crippen LogP contribution in [0.15, 0.2) is 59.0 Å². The third-order valence-electron chi connectivity index (χ3n) is 3.73. The van der Waals surface area contributed by atoms with E-state index in [1.807, 2.05) is 49.4 Å². The summed E-state index contributed by atoms with van der Waals surface area (Å²) in [4.78, 5) is 4.56. The van der Waals surface area contributed by atoms with Crippen LogP contribution in [0.2, 0.25) is 0 Å². The number of nitrogens with zero attached hydrogens (tertiary/aromatic N) is 1. The number of aryl methyl sites for hydroxylation is 2. The molecule has 0 atom stereocenters. The lowest BCUT2D eigenvalue weighted by Crippen LogP contribution is -1.98. The average Bonchev–Trinajstić information content (AvgIpc) is 2.95. The monoisotopic (exact) mass is 307 g/mol. The van der Waals surface area contributed by atoms with Crippen LogP contribution < -0.4 is 4.74 Å². The molecule has 3 heteroatoms. The summed E-state index contributed by atoms with van der Waals surface area (Å²) in [7, 11) is 0. The van der Waals surface area contributed by atoms with Gasteiger partial charge in [-0.25, -0.2) is 4.98 Å². The van der Waals surface area contributed by atoms with Gasteiger partial charge in [-0.05, 0) is 43.2 Å². The molecule has 0 unspecified atom stereocenters. The van der Waals surface area contributed by atoms with Gasteiger partial charge in [0.05, 0.1) is 0 Å². The Balaban J connectivity index is 1.71. The smallest absolute Gasteiger partial charge is 0.226 e. The van der Waals surface area contributed by atoms with Gasteiger partial charge >= 0.3 is 0 Å². The van der Waals surface area contributed by atoms with E-state index in [9.17, 15) is 0 Å². The van der Waals surface area contributed by atoms with E-state index < -0.39 is 0 Å². The summed E-state index contributed by atoms with van der Waals surface area (Å²) in [5.41, 5.74) is 3.11. The van der Waals surface area contributed by atoms with E-state index >= 15 is 0 Å². The molecule has 1 aromatic heterocycles. The molecule has 0 fully saturated rings. The lowest BCUT2D eigenvalue weighted by atomic mass is 10.1. The molecule has 0 aliphatic rings. The van der Waals surface area contributed by atoms with Crippen LogP contribution in [0, 0.1) is 6.92 Å². The molecule has 2 aromatic carbocycles. The summed E-state index contributed by atoms with van der Waals surface area (Å²) in [6, 6.07) is 18.1. The predicted molar refractivity (Wildman–Crippen MR) is 91.4 cm³/mol. The lowest BCUT2D eigenvalue weighted by Gasteiger charge is -2.06. The summed E-state index contributed by atoms with van der Waals surface area (Å²) < 4.78 is 11.6. The van der Waals surface area contributed by atoms with Crippen molar-refractivity contribution in [3.8, 4) is 17.2 Å². The minimum atomic E-state index is 0.414. The van der Waals surface area contributed by atoms with Crippen LogP contribution >= 0.6 is 0 Å². The topological polar surface area (TPSA) is 35.3 Å². The van der Waals surface area contributed by atoms with E-state index in [0.717, 1.165) is 35.6 Å². The van der Waals surface area contributed by atoms with Gasteiger partial charge in [0.25, 0.3) is 0 Å². The van der Waals surface area contributed by atoms with Crippen LogP contribution in [0.1, 0.15) is 30.4 Å². The molecule has 0 amide bonds. The van der Waals surface area contributed by atoms with Crippen molar-refractivity contribution in [3.05, 3.63) is 71.6 Å². The number of rotatable bonds is 6. The first-order valence-electron chi connectivity index (χ1n) is 7.99. The van der Waals surface area contributed by atoms with Gasteiger partial charge in [-0.15, -0.1) is 0 Å². The SMILES string of the molecule is CCCc1cccc(OCc2nc(-c3ccccc3)oc2C)c1. The highest BCUT2D eigenvalue weighted by Crippen LogP contribution is 2.23. The van der Waals surface area contributed by atoms with Gasteiger partial charge in [-0.3, -0.25) is 0 Å². The molecule has 0 aliphatic heterocycles. The van der Waals surface area contributed by atoms with Gasteiger partial charge in [0, 0.05) is 5.56 Å². The highest BCUT2D eigenvalue weighted by molar-refractivity contribution is 5.53. The molecule has 0 saturated carbocycles. The van der Waals surface area contributed by atoms with E-state index in [2.05, 4.69) is 24.0 Å². The minimum absolute atomic E-state index is 0.414. The van der Waals surface area contributed by atoms with Crippen molar-refractivity contribution in [2.45, 2.75) is 33.3 Å². The van der Waals surface area contributed by atoms with E-state index in [4.69, 9.17) is 9.15 Å². The Morgan fingerprint density at radius 3 is 2.65 bits per heavy atom. The third kappa shape index (κ3) is 3.81. The van der Waals surface area contributed by atoms with Crippen molar-refractivity contribution < 1.29 is 9.15 Å². The number of oxazole rings is 1. The molecule has 0 N–H and O–H groups in total. The van der Waals surface area contributed by atoms with Crippen LogP contribution in [-0.4, -0.2) is 4.98 Å². The molecule has 0 aliphatic carbocycles. The minimum Gasteiger partial charge on any atom is -0.487 e. The Labute approximate surface area is 136 Å². The van der Waals surface area contributed by atoms with Crippen molar-refractivity contribution in [1.82, 2.24) is 4.98 Å². The van der Waals surface area contributed by atoms with Crippen molar-refractivity contribution in [2.24, 2.45) is 0 Å². The molecule has 3 aromatic rings. The number of benzene rings is 2. The normalized spacial score (nSPS) is 10.7. The van der Waals surface area contributed by atoms with Crippen LogP contribution in [0.25, 0.3) is 11.5 Å². The molecule has 0 saturated heterocycles. The maximum absolute atomic E-state index is 5.89. The standard InChI is InChI=1S/C20H21NO2/c1-3-8-16-9-7-12-18(13-16)22-14-19-15(2)23-20(21-19)17-10-5-4-6-11-17/h4-7,9-13H,3,8,14H2,1-2H3. The first-order chi connectivity index (χ1) is 11.3. The maximum atomic E-state index is 5.89. The molecular weight excluding hydrogens is 286 g/mol. The molecule has 3 nitrogen and oxygen atoms in total. The summed E-state index contributed by atoms with van der Waals surface area (Å²) in [5.74, 6) is 2.31. The van der Waals surface area contributed by atoms with Gasteiger partial charge < -0.3 is 9.15 Å². The molecule has 1 heterocycles. The Hall–Kier alpha value is -2.55. The van der Waals surface area contributed by atoms with Crippen LogP contribution in [0.4, 0.5) is 0 Å². The lowest BCUT2D eigenvalue weighted by molar-refractivity contribution is 0.299. The number of hydrogen-bond acceptors (Lipinski definition) is 3. The first kappa shape index (κ1) is 15.3. The Morgan fingerprint density at radius 2 is 1.87 bits per heavy atom. The van der Waals surface area contributed by atoms with Crippen LogP contribution in [0.5, 0.6) is 5.75 Å². The van der Waals surface area contributed by atoms with Gasteiger partial charge in [0.15, 0.2) is 0 Å². The van der Waals surface area contributed by atoms with Gasteiger partial charge in [-0.2, -0.15) is 0 Å². The number of aromatic nitrogens is 1. The second-order valence-electron chi connectivity index (χ2n) is 5.57. The fourth-order valence-corrected chi connectivity index (χ4v) is 2.50. The first-order valence-corrected chi connectivity index (χ1v) is 7.99. The fraction of sp³-hybridized carbons (Fsp3) is 0.250. The Morgan fingerprint density at radius 1 is 1.04 bits per heavy atom. The van der Waals surface area contributed by atoms with E-state index in [-0.39, 0.29) is 0 Å². The van der Waals surface area contributed by atoms with E-state index in [1.165, 1.54) is 5.56 Å². The maximum Gasteiger partial charge on any atom is 0.226 e. The fourth-order valence-electron chi connectivity index (χ4n) is 2.50. The molecule has 3 rings (SSSR count). The zero-order chi connectivity index (χ0) is 16.1. The van der Waals surface area contributed by atoms with Crippen molar-refractivity contribution >= 4 is 0 Å². The van der Waals surface area contributed by atoms with Crippen LogP contribution in [0.3, 0.4) is 0 Å². The van der Waals surface area contributed by atoms with E-state index in [1.54, 1.807) is 0 Å². The van der Waals surface area contributed by atoms with E-state index in [0.29, 0.717) is 12.5 Å². The molecule has 23 heavy (non-hydrogen) atoms. The molecule has 0 radical (unpaired) electrons. The van der Waals surface area contributed by atoms with Crippen molar-refractivity contribution in [1.29, 1.82) is 0 Å². The van der Waals surface area contributed by atoms with Crippen molar-refractivity contribution in [2.75, 3.05) is 0 Å². The molecule has 0 spiro atoms. The summed E-state index contributed by atoms with van der Waals surface area (Å²) >= 11 is 0. The largest absolute Gasteiger partial charge is 0.487 e. The zero-order valence-electron chi connectivity index (χ0n) is 13.6. The molecule has 118 valence electrons. The summed E-state index contributed by atoms with van der Waals surface area (Å²) in [6.07, 6.45) is 2.20. The number of hydrogen-bond donors (Lipinski definition) is 0. The van der Waals surface area contributed by atoms with Gasteiger partial charge in [0.1, 0.15) is 23.8 Å². The number of ether oxygens (including phenoxy) is 1. The van der Waals surface area contributed by atoms with Crippen LogP contribution in [-0.2, 0) is 13.0 Å². The zero-order valence-corrected chi connectivity index (χ0v) is 13.6. The summed E-state index contributed by atoms with van der Waals surface area (Å²) in [6.45, 7) is 4.51. The quantitative estimate of drug-likeness (QED) is 0.629. The van der Waals surface area contributed by atoms with Crippen molar-refractivity contribution in [3.63, 3.8) is 0 Å². The van der Waals surface area contributed by atoms with Gasteiger partial charge in [-0.1, -0.05) is 43.7 Å². The van der Waals surface area contributed by atoms with Gasteiger partial charge in [0.2, 0.25) is 5.89 Å². The molecular formula is C20H21NO2. The Kier molecular flexibility index (Phi) is 4.77. The Bertz CT molecular complexity index is 762. The third-order valence-corrected chi connectivity index (χ3v) is 3.73. The second kappa shape index (κ2) is 7.14. The predicted octanol–water partition coefficient (Wildman–Crippen LogP) is 5.18. The summed E-state index contributed by atoms with van der Waals surface area (Å²) in [5, 5.41) is 0.